The molecule has 4 nitrogen and oxygen atoms in total. The molecule has 0 radical (unpaired) electrons. The smallest absolute Gasteiger partial charge is 0.252 e. The maximum atomic E-state index is 9.26. The van der Waals surface area contributed by atoms with Crippen LogP contribution >= 0.6 is 0 Å². The number of anilines is 9. The standard InChI is InChI=1S/C65H62BN3O/c1-40-31-57-61-58(32-40)69(54-37-51-48(33-41(54)2)64(7,8)39-65(51,9)10)56-38-50-49(62(3,4)29-30-63(50,5)6)36-53(56)66(61)52-27-25-45(67(42-19-13-11-14-20-42)43-21-15-12-16-22-43)35-55(52)68(57)44-26-28-60-47(34-44)46-23-17-18-24-59(46)70-60/h11-28,31-38H,29-30,39H2,1-10H3/i1D3. The van der Waals surface area contributed by atoms with Gasteiger partial charge in [-0.3, -0.25) is 0 Å². The van der Waals surface area contributed by atoms with Crippen LogP contribution in [0, 0.1) is 13.8 Å². The number of hydrogen-bond donors (Lipinski definition) is 0. The molecular weight excluding hydrogens is 850 g/mol. The summed E-state index contributed by atoms with van der Waals surface area (Å²) in [6, 6.07) is 56.8. The predicted octanol–water partition coefficient (Wildman–Crippen LogP) is 16.1. The number of benzene rings is 8. The molecule has 0 unspecified atom stereocenters. The molecule has 0 saturated carbocycles. The van der Waals surface area contributed by atoms with Crippen molar-refractivity contribution in [2.45, 2.75) is 110 Å². The third-order valence-corrected chi connectivity index (χ3v) is 16.8. The molecule has 4 aliphatic rings. The van der Waals surface area contributed by atoms with Crippen LogP contribution in [0.5, 0.6) is 0 Å². The van der Waals surface area contributed by atoms with E-state index in [0.717, 1.165) is 97.9 Å². The third kappa shape index (κ3) is 6.29. The van der Waals surface area contributed by atoms with Crippen molar-refractivity contribution in [3.8, 4) is 0 Å². The van der Waals surface area contributed by atoms with Crippen LogP contribution in [0.15, 0.2) is 162 Å². The van der Waals surface area contributed by atoms with Crippen LogP contribution in [0.1, 0.15) is 112 Å². The monoisotopic (exact) mass is 915 g/mol. The highest BCUT2D eigenvalue weighted by molar-refractivity contribution is 7.00. The Balaban J connectivity index is 1.17. The van der Waals surface area contributed by atoms with E-state index < -0.39 is 6.85 Å². The van der Waals surface area contributed by atoms with Crippen molar-refractivity contribution in [1.29, 1.82) is 0 Å². The van der Waals surface area contributed by atoms with E-state index in [1.165, 1.54) is 38.7 Å². The van der Waals surface area contributed by atoms with Crippen LogP contribution in [0.4, 0.5) is 51.2 Å². The van der Waals surface area contributed by atoms with Crippen LogP contribution in [0.3, 0.4) is 0 Å². The molecule has 346 valence electrons. The highest BCUT2D eigenvalue weighted by Gasteiger charge is 2.48. The van der Waals surface area contributed by atoms with Gasteiger partial charge in [-0.2, -0.15) is 0 Å². The second-order valence-electron chi connectivity index (χ2n) is 23.4. The first-order valence-corrected chi connectivity index (χ1v) is 25.3. The fourth-order valence-corrected chi connectivity index (χ4v) is 13.5. The summed E-state index contributed by atoms with van der Waals surface area (Å²) in [4.78, 5) is 7.16. The molecule has 2 aliphatic carbocycles. The number of rotatable bonds is 5. The Morgan fingerprint density at radius 1 is 0.486 bits per heavy atom. The summed E-state index contributed by atoms with van der Waals surface area (Å²) < 4.78 is 34.2. The van der Waals surface area contributed by atoms with E-state index in [0.29, 0.717) is 5.56 Å². The van der Waals surface area contributed by atoms with Crippen molar-refractivity contribution >= 4 is 96.2 Å². The average Bonchev–Trinajstić information content (AvgIpc) is 3.81. The van der Waals surface area contributed by atoms with Gasteiger partial charge in [0.1, 0.15) is 11.2 Å². The number of nitrogens with zero attached hydrogens (tertiary/aromatic N) is 3. The van der Waals surface area contributed by atoms with Crippen molar-refractivity contribution in [3.63, 3.8) is 0 Å². The minimum absolute atomic E-state index is 0.0170. The lowest BCUT2D eigenvalue weighted by atomic mass is 9.33. The van der Waals surface area contributed by atoms with Gasteiger partial charge in [0.15, 0.2) is 0 Å². The number of fused-ring (bicyclic) bond motifs is 9. The minimum Gasteiger partial charge on any atom is -0.456 e. The van der Waals surface area contributed by atoms with Crippen molar-refractivity contribution in [3.05, 3.63) is 191 Å². The number of furan rings is 1. The molecule has 70 heavy (non-hydrogen) atoms. The van der Waals surface area contributed by atoms with Crippen LogP contribution in [0.2, 0.25) is 0 Å². The Morgan fingerprint density at radius 3 is 1.74 bits per heavy atom. The highest BCUT2D eigenvalue weighted by atomic mass is 16.3. The summed E-state index contributed by atoms with van der Waals surface area (Å²) in [6.45, 7) is 18.8. The summed E-state index contributed by atoms with van der Waals surface area (Å²) in [6.07, 6.45) is 3.22. The Hall–Kier alpha value is -6.98. The summed E-state index contributed by atoms with van der Waals surface area (Å²) in [5.41, 5.74) is 21.0. The molecule has 13 rings (SSSR count). The third-order valence-electron chi connectivity index (χ3n) is 16.8. The SMILES string of the molecule is [2H]C([2H])([2H])c1cc2c3c(c1)N(c1cc4c(cc1C)C(C)(C)CC4(C)C)c1cc4c(cc1B3c1ccc(N(c3ccccc3)c3ccccc3)cc1N2c1ccc2oc3ccccc3c2c1)C(C)(C)CCC4(C)C. The highest BCUT2D eigenvalue weighted by Crippen LogP contribution is 2.55. The summed E-state index contributed by atoms with van der Waals surface area (Å²) in [7, 11) is 0. The second-order valence-corrected chi connectivity index (χ2v) is 23.4. The maximum Gasteiger partial charge on any atom is 0.252 e. The lowest BCUT2D eigenvalue weighted by molar-refractivity contribution is 0.332. The van der Waals surface area contributed by atoms with E-state index in [4.69, 9.17) is 4.42 Å². The fraction of sp³-hybridized carbons (Fsp3) is 0.262. The Kier molecular flexibility index (Phi) is 8.41. The number of aryl methyl sites for hydroxylation is 2. The number of hydrogen-bond acceptors (Lipinski definition) is 4. The molecule has 0 spiro atoms. The Labute approximate surface area is 418 Å². The van der Waals surface area contributed by atoms with E-state index in [1.54, 1.807) is 0 Å². The minimum atomic E-state index is -2.41. The predicted molar refractivity (Wildman–Crippen MR) is 298 cm³/mol. The molecule has 0 fully saturated rings. The first-order chi connectivity index (χ1) is 34.7. The molecule has 8 aromatic carbocycles. The van der Waals surface area contributed by atoms with Gasteiger partial charge in [0.05, 0.1) is 0 Å². The van der Waals surface area contributed by atoms with Gasteiger partial charge in [0.2, 0.25) is 0 Å². The normalized spacial score (nSPS) is 18.3. The fourth-order valence-electron chi connectivity index (χ4n) is 13.5. The maximum absolute atomic E-state index is 9.26. The van der Waals surface area contributed by atoms with Crippen LogP contribution in [0.25, 0.3) is 21.9 Å². The van der Waals surface area contributed by atoms with Crippen molar-refractivity contribution in [2.75, 3.05) is 14.7 Å². The van der Waals surface area contributed by atoms with Gasteiger partial charge in [-0.25, -0.2) is 0 Å². The molecular formula is C65H62BN3O. The van der Waals surface area contributed by atoms with Crippen LogP contribution in [-0.4, -0.2) is 6.71 Å². The largest absolute Gasteiger partial charge is 0.456 e. The van der Waals surface area contributed by atoms with Gasteiger partial charge in [0.25, 0.3) is 6.71 Å². The van der Waals surface area contributed by atoms with E-state index in [-0.39, 0.29) is 28.4 Å². The zero-order chi connectivity index (χ0) is 50.7. The van der Waals surface area contributed by atoms with Crippen LogP contribution < -0.4 is 31.1 Å². The summed E-state index contributed by atoms with van der Waals surface area (Å²) in [5.74, 6) is 0. The Morgan fingerprint density at radius 2 is 1.06 bits per heavy atom. The molecule has 9 aromatic rings. The van der Waals surface area contributed by atoms with E-state index in [9.17, 15) is 4.11 Å². The zero-order valence-corrected chi connectivity index (χ0v) is 42.0. The summed E-state index contributed by atoms with van der Waals surface area (Å²) >= 11 is 0. The molecule has 5 heteroatoms. The first-order valence-electron chi connectivity index (χ1n) is 26.8. The van der Waals surface area contributed by atoms with E-state index in [1.807, 2.05) is 24.3 Å². The topological polar surface area (TPSA) is 22.9 Å². The molecule has 0 amide bonds. The van der Waals surface area contributed by atoms with Gasteiger partial charge in [-0.05, 0) is 189 Å². The van der Waals surface area contributed by atoms with Gasteiger partial charge in [-0.1, -0.05) is 128 Å². The molecule has 2 aliphatic heterocycles. The van der Waals surface area contributed by atoms with E-state index in [2.05, 4.69) is 210 Å². The van der Waals surface area contributed by atoms with E-state index >= 15 is 0 Å². The van der Waals surface area contributed by atoms with Gasteiger partial charge in [-0.15, -0.1) is 0 Å². The quantitative estimate of drug-likeness (QED) is 0.161. The molecule has 0 saturated heterocycles. The molecule has 3 heterocycles. The molecule has 0 N–H and O–H groups in total. The lowest BCUT2D eigenvalue weighted by Gasteiger charge is -2.48. The zero-order valence-electron chi connectivity index (χ0n) is 45.0. The molecule has 0 atom stereocenters. The number of para-hydroxylation sites is 3. The molecule has 0 bridgehead atoms. The van der Waals surface area contributed by atoms with Crippen molar-refractivity contribution < 1.29 is 8.53 Å². The van der Waals surface area contributed by atoms with Gasteiger partial charge < -0.3 is 19.1 Å². The lowest BCUT2D eigenvalue weighted by Crippen LogP contribution is -2.62. The average molecular weight is 915 g/mol. The van der Waals surface area contributed by atoms with Crippen molar-refractivity contribution in [2.24, 2.45) is 0 Å². The van der Waals surface area contributed by atoms with Gasteiger partial charge >= 0.3 is 0 Å². The summed E-state index contributed by atoms with van der Waals surface area (Å²) in [5, 5.41) is 2.04. The first kappa shape index (κ1) is 39.8. The second kappa shape index (κ2) is 14.8. The van der Waals surface area contributed by atoms with Crippen molar-refractivity contribution in [1.82, 2.24) is 0 Å². The Bertz CT molecular complexity index is 3720. The van der Waals surface area contributed by atoms with Crippen LogP contribution in [-0.2, 0) is 21.7 Å². The molecule has 1 aromatic heterocycles. The van der Waals surface area contributed by atoms with Gasteiger partial charge in [0, 0.05) is 66.1 Å².